The van der Waals surface area contributed by atoms with Gasteiger partial charge >= 0.3 is 5.97 Å². The van der Waals surface area contributed by atoms with E-state index in [0.717, 1.165) is 18.2 Å². The van der Waals surface area contributed by atoms with Crippen molar-refractivity contribution in [3.63, 3.8) is 0 Å². The highest BCUT2D eigenvalue weighted by molar-refractivity contribution is 5.99. The Morgan fingerprint density at radius 2 is 1.27 bits per heavy atom. The molecular weight excluding hydrogens is 1290 g/mol. The van der Waals surface area contributed by atoms with Crippen molar-refractivity contribution in [2.24, 2.45) is 16.6 Å². The number of aliphatic hydroxyl groups excluding tert-OH is 5. The molecule has 6 unspecified atom stereocenters. The molecule has 0 spiro atoms. The second-order valence-electron chi connectivity index (χ2n) is 24.3. The number of carbonyl (C=O) groups is 13. The predicted octanol–water partition coefficient (Wildman–Crippen LogP) is -5.83. The van der Waals surface area contributed by atoms with Crippen LogP contribution in [0.4, 0.5) is 0 Å². The number of hydrogen-bond acceptors (Lipinski definition) is 24. The Morgan fingerprint density at radius 3 is 1.86 bits per heavy atom. The number of aliphatic carboxylic acids is 1. The van der Waals surface area contributed by atoms with Gasteiger partial charge in [-0.2, -0.15) is 0 Å². The van der Waals surface area contributed by atoms with Crippen LogP contribution in [-0.4, -0.2) is 275 Å². The highest BCUT2D eigenvalue weighted by Gasteiger charge is 2.46. The zero-order chi connectivity index (χ0) is 73.9. The third-order valence-corrected chi connectivity index (χ3v) is 15.6. The summed E-state index contributed by atoms with van der Waals surface area (Å²) in [5, 5.41) is 85.7. The Morgan fingerprint density at radius 1 is 0.663 bits per heavy atom. The molecule has 0 aromatic rings. The van der Waals surface area contributed by atoms with Crippen LogP contribution in [0.5, 0.6) is 0 Å². The number of carbonyl (C=O) groups excluding carboxylic acids is 12. The topological polar surface area (TPSA) is 542 Å². The Hall–Kier alpha value is -7.68. The summed E-state index contributed by atoms with van der Waals surface area (Å²) in [5.41, 5.74) is 6.63. The van der Waals surface area contributed by atoms with E-state index in [9.17, 15) is 93.0 Å². The predicted molar refractivity (Wildman–Crippen MR) is 348 cm³/mol. The van der Waals surface area contributed by atoms with Crippen molar-refractivity contribution in [3.8, 4) is 0 Å². The SMILES string of the molecule is CC=N/C=C(\C)C[C@H](NC(=O)CCC(=O)NCCOCCOCCC)C(=O)NCC(=O)NC(C(=O)N[C@H](C(=O)N[C@@H](CO)C(=O)N[C@@H](C)C(=O)N1CCCC1C(=O)N[C@@H](CC(=O)O)C(=O)N[C@H](C(=O)N[C@@H](CCCC)C(C)=O)C(C)O[C@H]1OC(CO)[C@H](O)[C@H](O)C1N)C(C)O)C(C)C. The zero-order valence-corrected chi connectivity index (χ0v) is 57.5. The van der Waals surface area contributed by atoms with E-state index < -0.39 is 206 Å². The summed E-state index contributed by atoms with van der Waals surface area (Å²) < 4.78 is 22.1. The average molecular weight is 1400 g/mol. The molecule has 0 saturated carbocycles. The normalized spacial score (nSPS) is 20.9. The van der Waals surface area contributed by atoms with E-state index in [-0.39, 0.29) is 58.2 Å². The van der Waals surface area contributed by atoms with Gasteiger partial charge in [0, 0.05) is 45.0 Å². The molecule has 2 saturated heterocycles. The van der Waals surface area contributed by atoms with E-state index in [0.29, 0.717) is 38.2 Å². The number of aliphatic hydroxyl groups is 5. The number of ketones is 1. The summed E-state index contributed by atoms with van der Waals surface area (Å²) in [7, 11) is 0. The first-order valence-corrected chi connectivity index (χ1v) is 32.9. The quantitative estimate of drug-likeness (QED) is 0.0199. The van der Waals surface area contributed by atoms with Crippen molar-refractivity contribution in [2.75, 3.05) is 59.3 Å². The molecule has 98 heavy (non-hydrogen) atoms. The maximum absolute atomic E-state index is 14.1. The van der Waals surface area contributed by atoms with Crippen molar-refractivity contribution in [3.05, 3.63) is 11.8 Å². The van der Waals surface area contributed by atoms with Crippen LogP contribution in [0.15, 0.2) is 16.8 Å². The fraction of sp³-hybridized carbons (Fsp3) is 0.742. The number of amides is 11. The van der Waals surface area contributed by atoms with E-state index in [1.165, 1.54) is 47.0 Å². The highest BCUT2D eigenvalue weighted by atomic mass is 16.7. The number of aliphatic imine (C=N–C) groups is 1. The molecule has 0 radical (unpaired) electrons. The van der Waals surface area contributed by atoms with Gasteiger partial charge in [0.15, 0.2) is 12.1 Å². The highest BCUT2D eigenvalue weighted by Crippen LogP contribution is 2.24. The maximum Gasteiger partial charge on any atom is 0.305 e. The maximum atomic E-state index is 14.1. The molecule has 36 heteroatoms. The standard InChI is InChI=1S/C62H105N13O23/c1-11-14-16-38(35(8)78)69-60(93)51(37(10)97-62-48(63)53(86)52(85)43(31-77)98-62)74-55(88)40(27-47(83)84)70-57(90)42-17-15-21-75(42)61(94)34(7)67-56(89)41(30-76)71-59(92)50(36(9)79)73-58(91)49(32(4)5)72-46(82)29-66-54(87)39(26-33(6)28-64-13-3)68-45(81)19-18-44(80)65-20-23-96-25-24-95-22-12-2/h13,28,32,34,36-43,48-53,62,76-77,79,85-86H,11-12,14-27,29-31,63H2,1-10H3,(H,65,80)(H,66,87)(H,67,89)(H,68,81)(H,69,93)(H,70,90)(H,71,92)(H,72,82)(H,73,91)(H,74,88)(H,83,84)/b33-28+,64-13?/t34-,36?,37?,38-,39-,40-,41-,42?,43?,48?,49?,50-,51-,52-,53+,62-/m0/s1. The number of carboxylic acid groups (broad SMARTS) is 1. The second kappa shape index (κ2) is 45.1. The Labute approximate surface area is 569 Å². The van der Waals surface area contributed by atoms with E-state index in [1.807, 2.05) is 13.8 Å². The molecule has 0 aromatic heterocycles. The minimum atomic E-state index is -1.95. The Bertz CT molecular complexity index is 2720. The van der Waals surface area contributed by atoms with Crippen LogP contribution in [0.25, 0.3) is 0 Å². The van der Waals surface area contributed by atoms with Crippen molar-refractivity contribution in [1.29, 1.82) is 0 Å². The number of carboxylic acids is 1. The number of rotatable bonds is 45. The smallest absolute Gasteiger partial charge is 0.305 e. The molecule has 2 aliphatic heterocycles. The minimum absolute atomic E-state index is 0.0371. The fourth-order valence-electron chi connectivity index (χ4n) is 10.0. The molecule has 16 atom stereocenters. The lowest BCUT2D eigenvalue weighted by molar-refractivity contribution is -0.277. The molecule has 11 amide bonds. The van der Waals surface area contributed by atoms with Gasteiger partial charge in [0.2, 0.25) is 65.0 Å². The van der Waals surface area contributed by atoms with Gasteiger partial charge in [-0.3, -0.25) is 67.3 Å². The van der Waals surface area contributed by atoms with Crippen LogP contribution < -0.4 is 58.9 Å². The third-order valence-electron chi connectivity index (χ3n) is 15.6. The lowest BCUT2D eigenvalue weighted by Gasteiger charge is -2.42. The Kier molecular flexibility index (Phi) is 39.7. The summed E-state index contributed by atoms with van der Waals surface area (Å²) in [5.74, 6) is -13.1. The fourth-order valence-corrected chi connectivity index (χ4v) is 10.0. The van der Waals surface area contributed by atoms with Gasteiger partial charge < -0.3 is 113 Å². The van der Waals surface area contributed by atoms with Crippen molar-refractivity contribution >= 4 is 82.9 Å². The number of nitrogens with one attached hydrogen (secondary N) is 10. The lowest BCUT2D eigenvalue weighted by Crippen LogP contribution is -2.65. The van der Waals surface area contributed by atoms with Gasteiger partial charge in [0.1, 0.15) is 66.6 Å². The first-order valence-electron chi connectivity index (χ1n) is 32.9. The van der Waals surface area contributed by atoms with Crippen LogP contribution >= 0.6 is 0 Å². The van der Waals surface area contributed by atoms with E-state index in [4.69, 9.17) is 24.7 Å². The molecule has 18 N–H and O–H groups in total. The first kappa shape index (κ1) is 86.4. The van der Waals surface area contributed by atoms with Gasteiger partial charge in [-0.1, -0.05) is 46.1 Å². The van der Waals surface area contributed by atoms with Gasteiger partial charge in [0.05, 0.1) is 70.3 Å². The summed E-state index contributed by atoms with van der Waals surface area (Å²) in [6.45, 7) is 14.1. The molecule has 36 nitrogen and oxygen atoms in total. The molecule has 0 bridgehead atoms. The minimum Gasteiger partial charge on any atom is -0.481 e. The largest absolute Gasteiger partial charge is 0.481 e. The van der Waals surface area contributed by atoms with Crippen molar-refractivity contribution < 1.29 is 112 Å². The van der Waals surface area contributed by atoms with Crippen LogP contribution in [0.3, 0.4) is 0 Å². The first-order chi connectivity index (χ1) is 46.3. The van der Waals surface area contributed by atoms with Crippen LogP contribution in [0.1, 0.15) is 133 Å². The number of likely N-dealkylation sites (tertiary alicyclic amines) is 1. The van der Waals surface area contributed by atoms with E-state index >= 15 is 0 Å². The van der Waals surface area contributed by atoms with Crippen LogP contribution in [0.2, 0.25) is 0 Å². The lowest BCUT2D eigenvalue weighted by atomic mass is 9.97. The molecule has 2 rings (SSSR count). The molecule has 556 valence electrons. The molecular formula is C62H105N13O23. The number of nitrogens with zero attached hydrogens (tertiary/aromatic N) is 2. The second-order valence-corrected chi connectivity index (χ2v) is 24.3. The van der Waals surface area contributed by atoms with Crippen LogP contribution in [0, 0.1) is 5.92 Å². The molecule has 2 heterocycles. The molecule has 2 fully saturated rings. The number of Topliss-reactive ketones (excluding diaryl/α,β-unsaturated/α-hetero) is 1. The van der Waals surface area contributed by atoms with E-state index in [1.54, 1.807) is 13.8 Å². The third kappa shape index (κ3) is 29.8. The summed E-state index contributed by atoms with van der Waals surface area (Å²) in [6.07, 6.45) is -5.80. The van der Waals surface area contributed by atoms with Gasteiger partial charge in [0.25, 0.3) is 0 Å². The molecule has 0 aliphatic carbocycles. The number of hydrogen-bond donors (Lipinski definition) is 17. The van der Waals surface area contributed by atoms with E-state index in [2.05, 4.69) is 58.2 Å². The van der Waals surface area contributed by atoms with Gasteiger partial charge in [-0.25, -0.2) is 0 Å². The summed E-state index contributed by atoms with van der Waals surface area (Å²) in [4.78, 5) is 179. The molecule has 0 aromatic carbocycles. The molecule has 2 aliphatic rings. The van der Waals surface area contributed by atoms with Crippen molar-refractivity contribution in [1.82, 2.24) is 58.1 Å². The van der Waals surface area contributed by atoms with Crippen molar-refractivity contribution in [2.45, 2.75) is 231 Å². The summed E-state index contributed by atoms with van der Waals surface area (Å²) in [6, 6.07) is -15.5. The number of ether oxygens (including phenoxy) is 4. The van der Waals surface area contributed by atoms with Crippen LogP contribution in [-0.2, 0) is 81.3 Å². The van der Waals surface area contributed by atoms with Gasteiger partial charge in [-0.15, -0.1) is 0 Å². The van der Waals surface area contributed by atoms with Gasteiger partial charge in [-0.05, 0) is 79.6 Å². The zero-order valence-electron chi connectivity index (χ0n) is 57.5. The Balaban J connectivity index is 2.18. The average Bonchev–Trinajstić information content (AvgIpc) is 1.13. The monoisotopic (exact) mass is 1400 g/mol. The number of unbranched alkanes of at least 4 members (excludes halogenated alkanes) is 1. The number of nitrogens with two attached hydrogens (primary N) is 1. The summed E-state index contributed by atoms with van der Waals surface area (Å²) >= 11 is 0.